The first-order valence-electron chi connectivity index (χ1n) is 4.82. The first-order chi connectivity index (χ1) is 7.72. The summed E-state index contributed by atoms with van der Waals surface area (Å²) in [7, 11) is 1.63. The van der Waals surface area contributed by atoms with Gasteiger partial charge in [0.25, 0.3) is 5.56 Å². The van der Waals surface area contributed by atoms with Crippen molar-refractivity contribution < 1.29 is 0 Å². The Morgan fingerprint density at radius 1 is 1.38 bits per heavy atom. The normalized spacial score (nSPS) is 10.4. The first-order valence-corrected chi connectivity index (χ1v) is 5.45. The second-order valence-electron chi connectivity index (χ2n) is 3.36. The molecule has 2 heterocycles. The van der Waals surface area contributed by atoms with Gasteiger partial charge in [0, 0.05) is 24.6 Å². The van der Waals surface area contributed by atoms with Gasteiger partial charge >= 0.3 is 0 Å². The summed E-state index contributed by atoms with van der Waals surface area (Å²) < 4.78 is 1.32. The van der Waals surface area contributed by atoms with Crippen molar-refractivity contribution in [2.24, 2.45) is 7.05 Å². The van der Waals surface area contributed by atoms with E-state index in [4.69, 9.17) is 0 Å². The number of hydrogen-bond acceptors (Lipinski definition) is 4. The van der Waals surface area contributed by atoms with Gasteiger partial charge in [0.1, 0.15) is 5.69 Å². The van der Waals surface area contributed by atoms with Crippen LogP contribution >= 0.6 is 12.6 Å². The van der Waals surface area contributed by atoms with E-state index in [0.29, 0.717) is 17.0 Å². The highest BCUT2D eigenvalue weighted by atomic mass is 32.1. The zero-order valence-corrected chi connectivity index (χ0v) is 9.69. The lowest BCUT2D eigenvalue weighted by Crippen LogP contribution is -2.23. The largest absolute Gasteiger partial charge is 0.270 e. The average molecular weight is 233 g/mol. The molecule has 0 aromatic carbocycles. The van der Waals surface area contributed by atoms with Crippen molar-refractivity contribution in [1.82, 2.24) is 14.8 Å². The second kappa shape index (κ2) is 4.49. The van der Waals surface area contributed by atoms with Crippen molar-refractivity contribution in [3.05, 3.63) is 46.4 Å². The van der Waals surface area contributed by atoms with Gasteiger partial charge in [-0.1, -0.05) is 6.07 Å². The zero-order valence-electron chi connectivity index (χ0n) is 8.79. The molecule has 0 bridgehead atoms. The molecule has 0 spiro atoms. The Balaban J connectivity index is 2.60. The van der Waals surface area contributed by atoms with Crippen LogP contribution < -0.4 is 5.56 Å². The third-order valence-electron chi connectivity index (χ3n) is 2.23. The zero-order chi connectivity index (χ0) is 11.5. The SMILES string of the molecule is Cn1nc(-c2ccccn2)cc(CS)c1=O. The average Bonchev–Trinajstić information content (AvgIpc) is 2.33. The molecular weight excluding hydrogens is 222 g/mol. The topological polar surface area (TPSA) is 47.8 Å². The van der Waals surface area contributed by atoms with E-state index in [2.05, 4.69) is 22.7 Å². The summed E-state index contributed by atoms with van der Waals surface area (Å²) >= 11 is 4.13. The van der Waals surface area contributed by atoms with Crippen LogP contribution in [0.3, 0.4) is 0 Å². The Morgan fingerprint density at radius 2 is 2.19 bits per heavy atom. The van der Waals surface area contributed by atoms with Crippen LogP contribution in [0.4, 0.5) is 0 Å². The molecule has 0 radical (unpaired) electrons. The van der Waals surface area contributed by atoms with Crippen molar-refractivity contribution in [2.75, 3.05) is 0 Å². The van der Waals surface area contributed by atoms with E-state index in [0.717, 1.165) is 5.69 Å². The van der Waals surface area contributed by atoms with Crippen LogP contribution in [0.15, 0.2) is 35.3 Å². The van der Waals surface area contributed by atoms with Gasteiger partial charge in [0.05, 0.1) is 5.69 Å². The van der Waals surface area contributed by atoms with E-state index in [9.17, 15) is 4.79 Å². The lowest BCUT2D eigenvalue weighted by Gasteiger charge is -2.04. The summed E-state index contributed by atoms with van der Waals surface area (Å²) in [6.45, 7) is 0. The number of pyridine rings is 1. The maximum Gasteiger partial charge on any atom is 0.270 e. The smallest absolute Gasteiger partial charge is 0.267 e. The van der Waals surface area contributed by atoms with Crippen molar-refractivity contribution in [1.29, 1.82) is 0 Å². The van der Waals surface area contributed by atoms with E-state index >= 15 is 0 Å². The highest BCUT2D eigenvalue weighted by molar-refractivity contribution is 7.79. The lowest BCUT2D eigenvalue weighted by atomic mass is 10.2. The van der Waals surface area contributed by atoms with E-state index in [1.54, 1.807) is 19.3 Å². The number of aromatic nitrogens is 3. The van der Waals surface area contributed by atoms with Crippen molar-refractivity contribution in [2.45, 2.75) is 5.75 Å². The van der Waals surface area contributed by atoms with Gasteiger partial charge in [-0.05, 0) is 18.2 Å². The molecule has 0 saturated carbocycles. The van der Waals surface area contributed by atoms with Crippen LogP contribution in [0.2, 0.25) is 0 Å². The molecule has 0 aliphatic rings. The Labute approximate surface area is 98.4 Å². The van der Waals surface area contributed by atoms with Crippen LogP contribution in [-0.2, 0) is 12.8 Å². The summed E-state index contributed by atoms with van der Waals surface area (Å²) in [5.74, 6) is 0.398. The van der Waals surface area contributed by atoms with E-state index in [1.807, 2.05) is 18.2 Å². The fourth-order valence-corrected chi connectivity index (χ4v) is 1.65. The molecule has 16 heavy (non-hydrogen) atoms. The molecule has 0 unspecified atom stereocenters. The Morgan fingerprint density at radius 3 is 2.81 bits per heavy atom. The molecule has 0 N–H and O–H groups in total. The summed E-state index contributed by atoms with van der Waals surface area (Å²) in [5, 5.41) is 4.16. The maximum absolute atomic E-state index is 11.6. The maximum atomic E-state index is 11.6. The van der Waals surface area contributed by atoms with E-state index in [1.165, 1.54) is 4.68 Å². The number of hydrogen-bond donors (Lipinski definition) is 1. The summed E-state index contributed by atoms with van der Waals surface area (Å²) in [6, 6.07) is 7.31. The first kappa shape index (κ1) is 10.9. The molecule has 2 rings (SSSR count). The third-order valence-corrected chi connectivity index (χ3v) is 2.58. The van der Waals surface area contributed by atoms with Crippen LogP contribution in [0.5, 0.6) is 0 Å². The standard InChI is InChI=1S/C11H11N3OS/c1-14-11(15)8(7-16)6-10(13-14)9-4-2-3-5-12-9/h2-6,16H,7H2,1H3. The molecule has 5 heteroatoms. The number of thiol groups is 1. The monoisotopic (exact) mass is 233 g/mol. The number of aryl methyl sites for hydroxylation is 1. The molecule has 0 atom stereocenters. The molecule has 82 valence electrons. The molecule has 0 fully saturated rings. The third kappa shape index (κ3) is 1.99. The molecule has 2 aromatic rings. The summed E-state index contributed by atoms with van der Waals surface area (Å²) in [4.78, 5) is 15.8. The van der Waals surface area contributed by atoms with Gasteiger partial charge in [-0.3, -0.25) is 9.78 Å². The quantitative estimate of drug-likeness (QED) is 0.795. The minimum atomic E-state index is -0.116. The van der Waals surface area contributed by atoms with E-state index < -0.39 is 0 Å². The molecule has 2 aromatic heterocycles. The van der Waals surface area contributed by atoms with Crippen molar-refractivity contribution in [3.63, 3.8) is 0 Å². The van der Waals surface area contributed by atoms with Crippen LogP contribution in [0, 0.1) is 0 Å². The minimum Gasteiger partial charge on any atom is -0.267 e. The molecule has 4 nitrogen and oxygen atoms in total. The Hall–Kier alpha value is -1.62. The van der Waals surface area contributed by atoms with Gasteiger partial charge in [0.15, 0.2) is 0 Å². The van der Waals surface area contributed by atoms with Crippen LogP contribution in [0.1, 0.15) is 5.56 Å². The Bertz CT molecular complexity index is 551. The fraction of sp³-hybridized carbons (Fsp3) is 0.182. The van der Waals surface area contributed by atoms with E-state index in [-0.39, 0.29) is 5.56 Å². The van der Waals surface area contributed by atoms with Gasteiger partial charge in [0.2, 0.25) is 0 Å². The lowest BCUT2D eigenvalue weighted by molar-refractivity contribution is 0.703. The predicted octanol–water partition coefficient (Wildman–Crippen LogP) is 1.27. The van der Waals surface area contributed by atoms with Crippen molar-refractivity contribution in [3.8, 4) is 11.4 Å². The van der Waals surface area contributed by atoms with Gasteiger partial charge in [-0.25, -0.2) is 4.68 Å². The number of nitrogens with zero attached hydrogens (tertiary/aromatic N) is 3. The summed E-state index contributed by atoms with van der Waals surface area (Å²) in [5.41, 5.74) is 1.95. The molecular formula is C11H11N3OS. The van der Waals surface area contributed by atoms with Gasteiger partial charge in [-0.15, -0.1) is 0 Å². The predicted molar refractivity (Wildman–Crippen MR) is 65.4 cm³/mol. The van der Waals surface area contributed by atoms with Crippen LogP contribution in [-0.4, -0.2) is 14.8 Å². The minimum absolute atomic E-state index is 0.116. The fourth-order valence-electron chi connectivity index (χ4n) is 1.42. The molecule has 0 aliphatic carbocycles. The van der Waals surface area contributed by atoms with Crippen LogP contribution in [0.25, 0.3) is 11.4 Å². The molecule has 0 amide bonds. The molecule has 0 aliphatic heterocycles. The van der Waals surface area contributed by atoms with Gasteiger partial charge < -0.3 is 0 Å². The van der Waals surface area contributed by atoms with Crippen molar-refractivity contribution >= 4 is 12.6 Å². The number of rotatable bonds is 2. The van der Waals surface area contributed by atoms with Gasteiger partial charge in [-0.2, -0.15) is 17.7 Å². The second-order valence-corrected chi connectivity index (χ2v) is 3.67. The summed E-state index contributed by atoms with van der Waals surface area (Å²) in [6.07, 6.45) is 1.70. The molecule has 0 saturated heterocycles. The highest BCUT2D eigenvalue weighted by Crippen LogP contribution is 2.13. The Kier molecular flexibility index (Phi) is 3.05. The highest BCUT2D eigenvalue weighted by Gasteiger charge is 2.06.